The van der Waals surface area contributed by atoms with Gasteiger partial charge >= 0.3 is 0 Å². The van der Waals surface area contributed by atoms with Crippen LogP contribution in [0.4, 0.5) is 0 Å². The van der Waals surface area contributed by atoms with Gasteiger partial charge in [-0.1, -0.05) is 18.2 Å². The lowest BCUT2D eigenvalue weighted by atomic mass is 10.1. The van der Waals surface area contributed by atoms with Crippen molar-refractivity contribution in [2.75, 3.05) is 19.8 Å². The number of para-hydroxylation sites is 1. The van der Waals surface area contributed by atoms with E-state index in [1.807, 2.05) is 6.07 Å². The minimum absolute atomic E-state index is 0.329. The van der Waals surface area contributed by atoms with Gasteiger partial charge in [-0.15, -0.1) is 0 Å². The number of nitrogens with one attached hydrogen (secondary N) is 2. The third-order valence-corrected chi connectivity index (χ3v) is 2.92. The predicted molar refractivity (Wildman–Crippen MR) is 59.9 cm³/mol. The van der Waals surface area contributed by atoms with Crippen molar-refractivity contribution in [1.29, 1.82) is 0 Å². The maximum absolute atomic E-state index is 5.48. The van der Waals surface area contributed by atoms with Gasteiger partial charge in [-0.2, -0.15) is 0 Å². The lowest BCUT2D eigenvalue weighted by molar-refractivity contribution is 0.0773. The largest absolute Gasteiger partial charge is 0.378 e. The molecule has 1 fully saturated rings. The Morgan fingerprint density at radius 3 is 3.07 bits per heavy atom. The van der Waals surface area contributed by atoms with E-state index in [0.29, 0.717) is 6.04 Å². The van der Waals surface area contributed by atoms with Crippen LogP contribution < -0.4 is 5.32 Å². The third kappa shape index (κ3) is 1.54. The summed E-state index contributed by atoms with van der Waals surface area (Å²) in [5.41, 5.74) is 2.50. The molecule has 0 saturated carbocycles. The molecular weight excluding hydrogens is 188 g/mol. The lowest BCUT2D eigenvalue weighted by Gasteiger charge is -2.23. The van der Waals surface area contributed by atoms with E-state index >= 15 is 0 Å². The average molecular weight is 202 g/mol. The third-order valence-electron chi connectivity index (χ3n) is 2.92. The zero-order chi connectivity index (χ0) is 10.1. The van der Waals surface area contributed by atoms with E-state index < -0.39 is 0 Å². The maximum Gasteiger partial charge on any atom is 0.0662 e. The van der Waals surface area contributed by atoms with Crippen molar-refractivity contribution < 1.29 is 4.74 Å². The molecule has 1 aliphatic heterocycles. The molecule has 1 aromatic carbocycles. The molecule has 3 nitrogen and oxygen atoms in total. The van der Waals surface area contributed by atoms with Crippen LogP contribution in [-0.4, -0.2) is 24.7 Å². The molecule has 1 saturated heterocycles. The van der Waals surface area contributed by atoms with Gasteiger partial charge in [-0.05, 0) is 11.6 Å². The fourth-order valence-electron chi connectivity index (χ4n) is 2.15. The van der Waals surface area contributed by atoms with E-state index in [2.05, 4.69) is 34.7 Å². The number of aromatic nitrogens is 1. The van der Waals surface area contributed by atoms with Gasteiger partial charge in [0.05, 0.1) is 19.3 Å². The minimum Gasteiger partial charge on any atom is -0.378 e. The molecule has 0 radical (unpaired) electrons. The first-order valence-electron chi connectivity index (χ1n) is 5.32. The molecule has 78 valence electrons. The lowest BCUT2D eigenvalue weighted by Crippen LogP contribution is -2.34. The van der Waals surface area contributed by atoms with Crippen LogP contribution in [0.5, 0.6) is 0 Å². The van der Waals surface area contributed by atoms with E-state index in [9.17, 15) is 0 Å². The summed E-state index contributed by atoms with van der Waals surface area (Å²) in [4.78, 5) is 3.29. The molecule has 0 amide bonds. The molecular formula is C12H14N2O. The van der Waals surface area contributed by atoms with Crippen molar-refractivity contribution in [2.45, 2.75) is 6.04 Å². The quantitative estimate of drug-likeness (QED) is 0.740. The van der Waals surface area contributed by atoms with Gasteiger partial charge < -0.3 is 15.0 Å². The highest BCUT2D eigenvalue weighted by Crippen LogP contribution is 2.24. The summed E-state index contributed by atoms with van der Waals surface area (Å²) < 4.78 is 5.48. The van der Waals surface area contributed by atoms with Gasteiger partial charge in [0.1, 0.15) is 0 Å². The number of H-pyrrole nitrogens is 1. The molecule has 0 bridgehead atoms. The Labute approximate surface area is 88.4 Å². The highest BCUT2D eigenvalue weighted by molar-refractivity contribution is 5.83. The Morgan fingerprint density at radius 1 is 1.27 bits per heavy atom. The second-order valence-electron chi connectivity index (χ2n) is 3.87. The van der Waals surface area contributed by atoms with Gasteiger partial charge in [-0.3, -0.25) is 0 Å². The van der Waals surface area contributed by atoms with Crippen LogP contribution in [0.3, 0.4) is 0 Å². The van der Waals surface area contributed by atoms with E-state index in [0.717, 1.165) is 19.8 Å². The van der Waals surface area contributed by atoms with Crippen LogP contribution in [-0.2, 0) is 4.74 Å². The average Bonchev–Trinajstić information content (AvgIpc) is 2.74. The zero-order valence-electron chi connectivity index (χ0n) is 8.49. The number of benzene rings is 1. The zero-order valence-corrected chi connectivity index (χ0v) is 8.49. The van der Waals surface area contributed by atoms with Crippen molar-refractivity contribution in [1.82, 2.24) is 10.3 Å². The second kappa shape index (κ2) is 3.68. The Balaban J connectivity index is 2.02. The molecule has 15 heavy (non-hydrogen) atoms. The Morgan fingerprint density at radius 2 is 2.20 bits per heavy atom. The number of hydrogen-bond donors (Lipinski definition) is 2. The number of fused-ring (bicyclic) bond motifs is 1. The molecule has 0 aliphatic carbocycles. The van der Waals surface area contributed by atoms with Crippen LogP contribution in [0.25, 0.3) is 10.9 Å². The molecule has 1 aromatic heterocycles. The van der Waals surface area contributed by atoms with Crippen LogP contribution in [0.1, 0.15) is 11.6 Å². The summed E-state index contributed by atoms with van der Waals surface area (Å²) in [5, 5.41) is 4.76. The summed E-state index contributed by atoms with van der Waals surface area (Å²) in [7, 11) is 0. The molecule has 3 rings (SSSR count). The molecule has 0 spiro atoms. The first-order chi connectivity index (χ1) is 7.45. The predicted octanol–water partition coefficient (Wildman–Crippen LogP) is 1.83. The number of aromatic amines is 1. The van der Waals surface area contributed by atoms with Crippen LogP contribution in [0, 0.1) is 0 Å². The monoisotopic (exact) mass is 202 g/mol. The molecule has 3 heteroatoms. The maximum atomic E-state index is 5.48. The summed E-state index contributed by atoms with van der Waals surface area (Å²) in [5.74, 6) is 0. The summed E-state index contributed by atoms with van der Waals surface area (Å²) >= 11 is 0. The van der Waals surface area contributed by atoms with Crippen molar-refractivity contribution in [3.63, 3.8) is 0 Å². The topological polar surface area (TPSA) is 37.0 Å². The number of hydrogen-bond acceptors (Lipinski definition) is 2. The SMILES string of the molecule is c1ccc2c([C@H]3COCCN3)c[nH]c2c1. The summed E-state index contributed by atoms with van der Waals surface area (Å²) in [6.07, 6.45) is 2.08. The fourth-order valence-corrected chi connectivity index (χ4v) is 2.15. The molecule has 0 unspecified atom stereocenters. The number of morpholine rings is 1. The van der Waals surface area contributed by atoms with E-state index in [-0.39, 0.29) is 0 Å². The van der Waals surface area contributed by atoms with Crippen LogP contribution in [0.15, 0.2) is 30.5 Å². The smallest absolute Gasteiger partial charge is 0.0662 e. The van der Waals surface area contributed by atoms with E-state index in [1.165, 1.54) is 16.5 Å². The highest BCUT2D eigenvalue weighted by Gasteiger charge is 2.17. The van der Waals surface area contributed by atoms with Crippen LogP contribution >= 0.6 is 0 Å². The van der Waals surface area contributed by atoms with Gasteiger partial charge in [0.2, 0.25) is 0 Å². The van der Waals surface area contributed by atoms with Gasteiger partial charge in [0.25, 0.3) is 0 Å². The number of ether oxygens (including phenoxy) is 1. The molecule has 1 aliphatic rings. The Hall–Kier alpha value is -1.32. The molecule has 1 atom stereocenters. The van der Waals surface area contributed by atoms with Gasteiger partial charge in [0, 0.05) is 23.6 Å². The second-order valence-corrected chi connectivity index (χ2v) is 3.87. The number of rotatable bonds is 1. The molecule has 2 N–H and O–H groups in total. The summed E-state index contributed by atoms with van der Waals surface area (Å²) in [6, 6.07) is 8.70. The molecule has 2 aromatic rings. The Kier molecular flexibility index (Phi) is 2.19. The first kappa shape index (κ1) is 8.95. The van der Waals surface area contributed by atoms with Gasteiger partial charge in [-0.25, -0.2) is 0 Å². The normalized spacial score (nSPS) is 22.0. The van der Waals surface area contributed by atoms with Gasteiger partial charge in [0.15, 0.2) is 0 Å². The summed E-state index contributed by atoms with van der Waals surface area (Å²) in [6.45, 7) is 2.52. The minimum atomic E-state index is 0.329. The van der Waals surface area contributed by atoms with Crippen molar-refractivity contribution in [3.8, 4) is 0 Å². The van der Waals surface area contributed by atoms with Crippen molar-refractivity contribution >= 4 is 10.9 Å². The van der Waals surface area contributed by atoms with Crippen molar-refractivity contribution in [3.05, 3.63) is 36.0 Å². The highest BCUT2D eigenvalue weighted by atomic mass is 16.5. The van der Waals surface area contributed by atoms with E-state index in [1.54, 1.807) is 0 Å². The first-order valence-corrected chi connectivity index (χ1v) is 5.32. The van der Waals surface area contributed by atoms with Crippen molar-refractivity contribution in [2.24, 2.45) is 0 Å². The van der Waals surface area contributed by atoms with E-state index in [4.69, 9.17) is 4.74 Å². The molecule has 2 heterocycles. The fraction of sp³-hybridized carbons (Fsp3) is 0.333. The Bertz CT molecular complexity index is 457. The standard InChI is InChI=1S/C12H14N2O/c1-2-4-11-9(3-1)10(7-14-11)12-8-15-6-5-13-12/h1-4,7,12-14H,5-6,8H2/t12-/m1/s1. The van der Waals surface area contributed by atoms with Crippen LogP contribution in [0.2, 0.25) is 0 Å².